The molecule has 18 heavy (non-hydrogen) atoms. The molecule has 0 radical (unpaired) electrons. The number of ketones is 1. The zero-order chi connectivity index (χ0) is 14.0. The summed E-state index contributed by atoms with van der Waals surface area (Å²) in [4.78, 5) is 11.6. The summed E-state index contributed by atoms with van der Waals surface area (Å²) in [6, 6.07) is 0. The number of carbonyl (C=O) groups is 1. The van der Waals surface area contributed by atoms with Crippen molar-refractivity contribution in [2.24, 2.45) is 11.3 Å². The molecule has 0 saturated heterocycles. The second-order valence-electron chi connectivity index (χ2n) is 6.79. The first-order valence-electron chi connectivity index (χ1n) is 7.54. The zero-order valence-corrected chi connectivity index (χ0v) is 13.1. The van der Waals surface area contributed by atoms with Crippen LogP contribution in [0.1, 0.15) is 79.6 Å². The van der Waals surface area contributed by atoms with Crippen LogP contribution in [0.4, 0.5) is 0 Å². The molecule has 1 atom stereocenters. The van der Waals surface area contributed by atoms with Gasteiger partial charge in [0.25, 0.3) is 0 Å². The van der Waals surface area contributed by atoms with Gasteiger partial charge in [0, 0.05) is 6.42 Å². The van der Waals surface area contributed by atoms with Crippen LogP contribution in [0.25, 0.3) is 0 Å². The number of allylic oxidation sites excluding steroid dienone is 2. The molecular weight excluding hydrogens is 220 g/mol. The summed E-state index contributed by atoms with van der Waals surface area (Å²) in [6.07, 6.45) is 11.5. The summed E-state index contributed by atoms with van der Waals surface area (Å²) in [5.41, 5.74) is 0.386. The van der Waals surface area contributed by atoms with Crippen LogP contribution in [0.5, 0.6) is 0 Å². The predicted molar refractivity (Wildman–Crippen MR) is 80.8 cm³/mol. The molecule has 0 fully saturated rings. The standard InChI is InChI=1S/C17H32O/c1-6-7-8-9-12-16(18)13-10-11-15(2)14-17(3,4)5/h10,13,15H,6-9,11-12,14H2,1-5H3. The van der Waals surface area contributed by atoms with Crippen LogP contribution in [0.15, 0.2) is 12.2 Å². The highest BCUT2D eigenvalue weighted by atomic mass is 16.1. The molecule has 0 aliphatic heterocycles. The minimum absolute atomic E-state index is 0.300. The SMILES string of the molecule is CCCCCCC(=O)C=CCC(C)CC(C)(C)C. The fourth-order valence-electron chi connectivity index (χ4n) is 2.37. The summed E-state index contributed by atoms with van der Waals surface area (Å²) in [7, 11) is 0. The van der Waals surface area contributed by atoms with Crippen LogP contribution in [0.2, 0.25) is 0 Å². The van der Waals surface area contributed by atoms with Crippen molar-refractivity contribution in [3.63, 3.8) is 0 Å². The van der Waals surface area contributed by atoms with Crippen molar-refractivity contribution in [3.05, 3.63) is 12.2 Å². The van der Waals surface area contributed by atoms with Crippen molar-refractivity contribution in [2.45, 2.75) is 79.6 Å². The van der Waals surface area contributed by atoms with Gasteiger partial charge in [-0.15, -0.1) is 0 Å². The summed E-state index contributed by atoms with van der Waals surface area (Å²) in [5, 5.41) is 0. The Morgan fingerprint density at radius 3 is 2.39 bits per heavy atom. The summed E-state index contributed by atoms with van der Waals surface area (Å²) < 4.78 is 0. The first-order valence-corrected chi connectivity index (χ1v) is 7.54. The molecule has 0 aromatic carbocycles. The van der Waals surface area contributed by atoms with Gasteiger partial charge in [-0.2, -0.15) is 0 Å². The minimum Gasteiger partial charge on any atom is -0.295 e. The molecule has 0 saturated carbocycles. The van der Waals surface area contributed by atoms with Crippen molar-refractivity contribution in [1.29, 1.82) is 0 Å². The van der Waals surface area contributed by atoms with Crippen LogP contribution in [0, 0.1) is 11.3 Å². The molecular formula is C17H32O. The van der Waals surface area contributed by atoms with Crippen molar-refractivity contribution in [1.82, 2.24) is 0 Å². The van der Waals surface area contributed by atoms with Crippen LogP contribution in [-0.4, -0.2) is 5.78 Å². The molecule has 1 unspecified atom stereocenters. The van der Waals surface area contributed by atoms with Gasteiger partial charge in [0.05, 0.1) is 0 Å². The monoisotopic (exact) mass is 252 g/mol. The van der Waals surface area contributed by atoms with E-state index in [1.165, 1.54) is 25.7 Å². The van der Waals surface area contributed by atoms with E-state index in [1.54, 1.807) is 6.08 Å². The van der Waals surface area contributed by atoms with E-state index in [0.717, 1.165) is 19.3 Å². The topological polar surface area (TPSA) is 17.1 Å². The number of hydrogen-bond donors (Lipinski definition) is 0. The van der Waals surface area contributed by atoms with E-state index in [9.17, 15) is 4.79 Å². The Balaban J connectivity index is 3.71. The first-order chi connectivity index (χ1) is 8.35. The van der Waals surface area contributed by atoms with Gasteiger partial charge in [-0.1, -0.05) is 60.0 Å². The van der Waals surface area contributed by atoms with E-state index in [1.807, 2.05) is 0 Å². The van der Waals surface area contributed by atoms with Gasteiger partial charge < -0.3 is 0 Å². The fraction of sp³-hybridized carbons (Fsp3) is 0.824. The third-order valence-electron chi connectivity index (χ3n) is 3.08. The Hall–Kier alpha value is -0.590. The lowest BCUT2D eigenvalue weighted by Crippen LogP contribution is -2.10. The molecule has 0 aromatic rings. The maximum absolute atomic E-state index is 11.6. The summed E-state index contributed by atoms with van der Waals surface area (Å²) >= 11 is 0. The van der Waals surface area contributed by atoms with E-state index in [0.29, 0.717) is 17.1 Å². The molecule has 0 amide bonds. The summed E-state index contributed by atoms with van der Waals surface area (Å²) in [5.74, 6) is 0.961. The molecule has 0 spiro atoms. The third-order valence-corrected chi connectivity index (χ3v) is 3.08. The second kappa shape index (κ2) is 9.35. The Kier molecular flexibility index (Phi) is 9.05. The van der Waals surface area contributed by atoms with Crippen LogP contribution < -0.4 is 0 Å². The number of unbranched alkanes of at least 4 members (excludes halogenated alkanes) is 3. The Morgan fingerprint density at radius 1 is 1.17 bits per heavy atom. The van der Waals surface area contributed by atoms with E-state index in [-0.39, 0.29) is 0 Å². The molecule has 106 valence electrons. The van der Waals surface area contributed by atoms with Gasteiger partial charge in [-0.3, -0.25) is 4.79 Å². The lowest BCUT2D eigenvalue weighted by molar-refractivity contribution is -0.114. The van der Waals surface area contributed by atoms with Crippen molar-refractivity contribution >= 4 is 5.78 Å². The van der Waals surface area contributed by atoms with Crippen LogP contribution in [0.3, 0.4) is 0 Å². The van der Waals surface area contributed by atoms with Crippen LogP contribution >= 0.6 is 0 Å². The molecule has 0 bridgehead atoms. The second-order valence-corrected chi connectivity index (χ2v) is 6.79. The smallest absolute Gasteiger partial charge is 0.155 e. The highest BCUT2D eigenvalue weighted by molar-refractivity contribution is 5.89. The third kappa shape index (κ3) is 11.9. The highest BCUT2D eigenvalue weighted by Crippen LogP contribution is 2.26. The fourth-order valence-corrected chi connectivity index (χ4v) is 2.37. The Morgan fingerprint density at radius 2 is 1.83 bits per heavy atom. The van der Waals surface area contributed by atoms with E-state index >= 15 is 0 Å². The molecule has 0 aromatic heterocycles. The lowest BCUT2D eigenvalue weighted by Gasteiger charge is -2.22. The highest BCUT2D eigenvalue weighted by Gasteiger charge is 2.14. The average Bonchev–Trinajstić information content (AvgIpc) is 2.22. The van der Waals surface area contributed by atoms with Crippen molar-refractivity contribution < 1.29 is 4.79 Å². The molecule has 1 nitrogen and oxygen atoms in total. The van der Waals surface area contributed by atoms with Crippen molar-refractivity contribution in [3.8, 4) is 0 Å². The van der Waals surface area contributed by atoms with Gasteiger partial charge in [0.15, 0.2) is 5.78 Å². The van der Waals surface area contributed by atoms with Crippen LogP contribution in [-0.2, 0) is 4.79 Å². The maximum atomic E-state index is 11.6. The molecule has 0 aliphatic carbocycles. The molecule has 0 heterocycles. The normalized spacial score (nSPS) is 14.1. The largest absolute Gasteiger partial charge is 0.295 e. The predicted octanol–water partition coefficient (Wildman–Crippen LogP) is 5.54. The number of rotatable bonds is 9. The van der Waals surface area contributed by atoms with E-state index in [4.69, 9.17) is 0 Å². The molecule has 0 aliphatic rings. The first kappa shape index (κ1) is 17.4. The number of hydrogen-bond acceptors (Lipinski definition) is 1. The van der Waals surface area contributed by atoms with E-state index in [2.05, 4.69) is 40.7 Å². The maximum Gasteiger partial charge on any atom is 0.155 e. The lowest BCUT2D eigenvalue weighted by atomic mass is 9.84. The Labute approximate surface area is 114 Å². The van der Waals surface area contributed by atoms with Gasteiger partial charge >= 0.3 is 0 Å². The van der Waals surface area contributed by atoms with Gasteiger partial charge in [-0.05, 0) is 36.7 Å². The minimum atomic E-state index is 0.300. The molecule has 0 N–H and O–H groups in total. The average molecular weight is 252 g/mol. The van der Waals surface area contributed by atoms with Crippen molar-refractivity contribution in [2.75, 3.05) is 0 Å². The zero-order valence-electron chi connectivity index (χ0n) is 13.1. The Bertz CT molecular complexity index is 245. The van der Waals surface area contributed by atoms with Gasteiger partial charge in [0.2, 0.25) is 0 Å². The summed E-state index contributed by atoms with van der Waals surface area (Å²) in [6.45, 7) is 11.3. The van der Waals surface area contributed by atoms with E-state index < -0.39 is 0 Å². The molecule has 1 heteroatoms. The van der Waals surface area contributed by atoms with Gasteiger partial charge in [-0.25, -0.2) is 0 Å². The molecule has 0 rings (SSSR count). The quantitative estimate of drug-likeness (QED) is 0.388. The van der Waals surface area contributed by atoms with Gasteiger partial charge in [0.1, 0.15) is 0 Å². The number of carbonyl (C=O) groups excluding carboxylic acids is 1.